The monoisotopic (exact) mass is 1360 g/mol. The lowest BCUT2D eigenvalue weighted by atomic mass is 9.33. The number of hydrogen-bond donors (Lipinski definition) is 0. The van der Waals surface area contributed by atoms with Crippen LogP contribution in [0.1, 0.15) is 98.5 Å². The first-order chi connectivity index (χ1) is 51.3. The van der Waals surface area contributed by atoms with Gasteiger partial charge in [0.1, 0.15) is 0 Å². The SMILES string of the molecule is Cn1c2ccccc2c2cc(-c3cc4c5c(c3)N(C3C(C6CC=CCC6)=CC(C(C)(C)C)CC3C3=CCCCC3)c3cc(-n6c7ccccc7c7ccccc76)ccc3B5c3ccc(-n5c6ccccc6c6ccccc65)cc3N4c3c(-c4ccccc4)cc(C(C)(C)C)cc3-c3ccccc3)ccc21. The summed E-state index contributed by atoms with van der Waals surface area (Å²) in [6, 6.07) is 101. The lowest BCUT2D eigenvalue weighted by Gasteiger charge is -2.53. The van der Waals surface area contributed by atoms with Gasteiger partial charge in [0.05, 0.1) is 33.8 Å². The van der Waals surface area contributed by atoms with Crippen LogP contribution >= 0.6 is 0 Å². The summed E-state index contributed by atoms with van der Waals surface area (Å²) in [6.45, 7) is 14.5. The second kappa shape index (κ2) is 24.5. The van der Waals surface area contributed by atoms with Crippen molar-refractivity contribution in [1.29, 1.82) is 0 Å². The van der Waals surface area contributed by atoms with Gasteiger partial charge in [-0.15, -0.1) is 0 Å². The lowest BCUT2D eigenvalue weighted by molar-refractivity contribution is 0.220. The molecule has 4 atom stereocenters. The molecule has 0 fully saturated rings. The number of aryl methyl sites for hydroxylation is 1. The summed E-state index contributed by atoms with van der Waals surface area (Å²) in [4.78, 5) is 5.83. The minimum atomic E-state index is -0.183. The van der Waals surface area contributed by atoms with Crippen LogP contribution in [0.25, 0.3) is 110 Å². The van der Waals surface area contributed by atoms with Crippen molar-refractivity contribution in [3.05, 3.63) is 302 Å². The van der Waals surface area contributed by atoms with Crippen molar-refractivity contribution in [2.24, 2.45) is 30.2 Å². The molecule has 20 rings (SSSR count). The number of nitrogens with zero attached hydrogens (tertiary/aromatic N) is 5. The molecule has 0 saturated carbocycles. The highest BCUT2D eigenvalue weighted by molar-refractivity contribution is 7.00. The van der Waals surface area contributed by atoms with E-state index in [1.165, 1.54) is 168 Å². The van der Waals surface area contributed by atoms with E-state index < -0.39 is 0 Å². The summed E-state index contributed by atoms with van der Waals surface area (Å²) in [5.41, 5.74) is 31.4. The third-order valence-corrected chi connectivity index (χ3v) is 24.9. The van der Waals surface area contributed by atoms with E-state index >= 15 is 0 Å². The molecule has 0 saturated heterocycles. The molecule has 0 N–H and O–H groups in total. The third-order valence-electron chi connectivity index (χ3n) is 24.9. The van der Waals surface area contributed by atoms with E-state index in [4.69, 9.17) is 0 Å². The predicted molar refractivity (Wildman–Crippen MR) is 448 cm³/mol. The van der Waals surface area contributed by atoms with E-state index in [2.05, 4.69) is 357 Å². The summed E-state index contributed by atoms with van der Waals surface area (Å²) < 4.78 is 7.50. The summed E-state index contributed by atoms with van der Waals surface area (Å²) in [5, 5.41) is 7.57. The van der Waals surface area contributed by atoms with Crippen LogP contribution in [0.4, 0.5) is 28.4 Å². The predicted octanol–water partition coefficient (Wildman–Crippen LogP) is 24.4. The molecule has 0 bridgehead atoms. The number of allylic oxidation sites excluding steroid dienone is 4. The average Bonchev–Trinajstić information content (AvgIpc) is 0.954. The maximum Gasteiger partial charge on any atom is 0.252 e. The van der Waals surface area contributed by atoms with E-state index in [1.807, 2.05) is 0 Å². The van der Waals surface area contributed by atoms with Gasteiger partial charge in [0.25, 0.3) is 6.71 Å². The molecule has 5 heterocycles. The van der Waals surface area contributed by atoms with E-state index in [-0.39, 0.29) is 29.5 Å². The molecule has 5 aliphatic rings. The topological polar surface area (TPSA) is 21.3 Å². The number of fused-ring (bicyclic) bond motifs is 13. The summed E-state index contributed by atoms with van der Waals surface area (Å²) in [6.07, 6.45) is 19.7. The Balaban J connectivity index is 0.972. The Hall–Kier alpha value is -11.1. The van der Waals surface area contributed by atoms with Gasteiger partial charge in [-0.05, 0) is 215 Å². The molecule has 15 aromatic rings. The van der Waals surface area contributed by atoms with E-state index in [1.54, 1.807) is 11.1 Å². The molecule has 3 aromatic heterocycles. The van der Waals surface area contributed by atoms with Crippen molar-refractivity contribution < 1.29 is 0 Å². The van der Waals surface area contributed by atoms with Gasteiger partial charge in [-0.3, -0.25) is 0 Å². The van der Waals surface area contributed by atoms with Gasteiger partial charge >= 0.3 is 0 Å². The van der Waals surface area contributed by atoms with E-state index in [0.29, 0.717) is 11.8 Å². The molecule has 512 valence electrons. The molecule has 105 heavy (non-hydrogen) atoms. The van der Waals surface area contributed by atoms with Gasteiger partial charge in [0.15, 0.2) is 0 Å². The van der Waals surface area contributed by atoms with Crippen molar-refractivity contribution in [1.82, 2.24) is 13.7 Å². The zero-order chi connectivity index (χ0) is 70.6. The van der Waals surface area contributed by atoms with Crippen LogP contribution in [-0.4, -0.2) is 26.5 Å². The average molecular weight is 1360 g/mol. The molecule has 6 heteroatoms. The number of hydrogen-bond acceptors (Lipinski definition) is 2. The summed E-state index contributed by atoms with van der Waals surface area (Å²) >= 11 is 0. The Kier molecular flexibility index (Phi) is 14.9. The molecule has 5 nitrogen and oxygen atoms in total. The Labute approximate surface area is 617 Å². The second-order valence-electron chi connectivity index (χ2n) is 32.9. The van der Waals surface area contributed by atoms with Gasteiger partial charge in [-0.1, -0.05) is 241 Å². The Morgan fingerprint density at radius 2 is 0.952 bits per heavy atom. The number of benzene rings is 12. The Morgan fingerprint density at radius 3 is 1.50 bits per heavy atom. The summed E-state index contributed by atoms with van der Waals surface area (Å²) in [5.74, 6) is 1.03. The highest BCUT2D eigenvalue weighted by Crippen LogP contribution is 2.56. The fourth-order valence-electron chi connectivity index (χ4n) is 19.7. The zero-order valence-electron chi connectivity index (χ0n) is 61.4. The fourth-order valence-corrected chi connectivity index (χ4v) is 19.7. The lowest BCUT2D eigenvalue weighted by Crippen LogP contribution is -2.64. The maximum atomic E-state index is 3.03. The van der Waals surface area contributed by atoms with Gasteiger partial charge in [-0.2, -0.15) is 0 Å². The van der Waals surface area contributed by atoms with Crippen molar-refractivity contribution >= 4 is 117 Å². The molecular formula is C99H88BN5. The highest BCUT2D eigenvalue weighted by Gasteiger charge is 2.50. The molecular weight excluding hydrogens is 1270 g/mol. The Morgan fingerprint density at radius 1 is 0.429 bits per heavy atom. The standard InChI is InChI=1S/C99H88BN5/c1-98(2,3)69-57-78(63-30-12-8-13-31-63)96(79(58-69)64-32-14-9-15-33-64)104-91-61-71(102-87-44-26-21-38-73(87)74-39-22-27-45-88(74)102)49-51-83(91)100-84-52-50-72(103-89-46-28-23-40-75(89)76-41-24-29-47-90(76)103)62-92(84)105(97-80(65-34-16-10-17-35-65)59-70(99(4,5)6)60-81(97)66-36-18-11-19-37-66)94-56-68(55-93(104)95(94)100)67-48-53-86-82(54-67)77-42-20-25-43-85(77)101(86)7/h8-10,12-16,20-33,36,38-59,61-62,65,70,81,97H,11,17-19,34-35,37,60H2,1-7H3. The number of para-hydroxylation sites is 5. The fraction of sp³-hybridized carbons (Fsp3) is 0.212. The van der Waals surface area contributed by atoms with Crippen molar-refractivity contribution in [2.45, 2.75) is 104 Å². The minimum absolute atomic E-state index is 0.0100. The minimum Gasteiger partial charge on any atom is -0.344 e. The third kappa shape index (κ3) is 10.2. The zero-order valence-corrected chi connectivity index (χ0v) is 61.4. The molecule has 12 aromatic carbocycles. The van der Waals surface area contributed by atoms with Gasteiger partial charge in [0.2, 0.25) is 0 Å². The van der Waals surface area contributed by atoms with Gasteiger partial charge in [0, 0.05) is 102 Å². The first kappa shape index (κ1) is 63.6. The van der Waals surface area contributed by atoms with Crippen LogP contribution in [0.5, 0.6) is 0 Å². The first-order valence-corrected chi connectivity index (χ1v) is 38.7. The molecule has 0 amide bonds. The second-order valence-corrected chi connectivity index (χ2v) is 32.9. The van der Waals surface area contributed by atoms with Crippen LogP contribution in [0, 0.1) is 23.2 Å². The number of anilines is 5. The molecule has 3 aliphatic carbocycles. The Bertz CT molecular complexity index is 5970. The maximum absolute atomic E-state index is 3.03. The van der Waals surface area contributed by atoms with Crippen LogP contribution in [0.2, 0.25) is 0 Å². The molecule has 0 radical (unpaired) electrons. The molecule has 0 spiro atoms. The highest BCUT2D eigenvalue weighted by atomic mass is 15.2. The van der Waals surface area contributed by atoms with Gasteiger partial charge < -0.3 is 23.5 Å². The van der Waals surface area contributed by atoms with Crippen LogP contribution < -0.4 is 26.2 Å². The van der Waals surface area contributed by atoms with Crippen molar-refractivity contribution in [3.8, 4) is 44.8 Å². The van der Waals surface area contributed by atoms with Crippen molar-refractivity contribution in [2.75, 3.05) is 9.80 Å². The number of rotatable bonds is 9. The normalized spacial score (nSPS) is 18.1. The van der Waals surface area contributed by atoms with Crippen LogP contribution in [0.3, 0.4) is 0 Å². The van der Waals surface area contributed by atoms with Crippen molar-refractivity contribution in [3.63, 3.8) is 0 Å². The van der Waals surface area contributed by atoms with Crippen LogP contribution in [0.15, 0.2) is 296 Å². The van der Waals surface area contributed by atoms with E-state index in [0.717, 1.165) is 44.2 Å². The molecule has 2 aliphatic heterocycles. The largest absolute Gasteiger partial charge is 0.344 e. The first-order valence-electron chi connectivity index (χ1n) is 38.7. The van der Waals surface area contributed by atoms with E-state index in [9.17, 15) is 0 Å². The van der Waals surface area contributed by atoms with Gasteiger partial charge in [-0.25, -0.2) is 0 Å². The quantitative estimate of drug-likeness (QED) is 0.106. The summed E-state index contributed by atoms with van der Waals surface area (Å²) in [7, 11) is 2.23. The smallest absolute Gasteiger partial charge is 0.252 e. The van der Waals surface area contributed by atoms with Crippen LogP contribution in [-0.2, 0) is 12.5 Å². The number of aromatic nitrogens is 3. The molecule has 4 unspecified atom stereocenters.